The number of carbonyl (C=O) groups is 1. The molecule has 1 amide bonds. The Morgan fingerprint density at radius 2 is 1.81 bits per heavy atom. The van der Waals surface area contributed by atoms with Crippen molar-refractivity contribution < 1.29 is 9.69 Å². The molecule has 6 heteroatoms. The minimum Gasteiger partial charge on any atom is -0.344 e. The van der Waals surface area contributed by atoms with Crippen LogP contribution >= 0.6 is 0 Å². The number of hydrogen-bond acceptors (Lipinski definition) is 4. The SMILES string of the molecule is CC[C@@H](C(=O)Nc1cccc(-c2ccc(N3CC[NH+](C)CC3)nn2)c1)c1ccccc1. The Balaban J connectivity index is 1.46. The average Bonchev–Trinajstić information content (AvgIpc) is 2.81. The molecule has 0 saturated carbocycles. The molecule has 0 radical (unpaired) electrons. The third kappa shape index (κ3) is 5.09. The van der Waals surface area contributed by atoms with Crippen LogP contribution in [0.15, 0.2) is 66.7 Å². The number of quaternary nitrogens is 1. The largest absolute Gasteiger partial charge is 0.344 e. The molecule has 4 rings (SSSR count). The number of nitrogens with zero attached hydrogens (tertiary/aromatic N) is 3. The molecule has 3 aromatic rings. The maximum absolute atomic E-state index is 12.9. The second kappa shape index (κ2) is 9.71. The molecule has 0 aliphatic carbocycles. The lowest BCUT2D eigenvalue weighted by molar-refractivity contribution is -0.880. The zero-order valence-electron chi connectivity index (χ0n) is 18.2. The first-order chi connectivity index (χ1) is 15.1. The maximum Gasteiger partial charge on any atom is 0.231 e. The lowest BCUT2D eigenvalue weighted by Crippen LogP contribution is -3.12. The monoisotopic (exact) mass is 416 g/mol. The van der Waals surface area contributed by atoms with Gasteiger partial charge in [-0.05, 0) is 36.2 Å². The predicted molar refractivity (Wildman–Crippen MR) is 124 cm³/mol. The van der Waals surface area contributed by atoms with Crippen molar-refractivity contribution in [3.05, 3.63) is 72.3 Å². The Bertz CT molecular complexity index is 998. The van der Waals surface area contributed by atoms with E-state index in [1.165, 1.54) is 0 Å². The third-order valence-corrected chi connectivity index (χ3v) is 5.94. The number of carbonyl (C=O) groups excluding carboxylic acids is 1. The van der Waals surface area contributed by atoms with Crippen LogP contribution in [0.5, 0.6) is 0 Å². The molecule has 0 spiro atoms. The van der Waals surface area contributed by atoms with E-state index in [2.05, 4.69) is 27.5 Å². The van der Waals surface area contributed by atoms with Gasteiger partial charge in [0, 0.05) is 11.3 Å². The molecule has 0 unspecified atom stereocenters. The van der Waals surface area contributed by atoms with E-state index in [1.807, 2.05) is 73.7 Å². The number of piperazine rings is 1. The third-order valence-electron chi connectivity index (χ3n) is 5.94. The highest BCUT2D eigenvalue weighted by molar-refractivity contribution is 5.96. The van der Waals surface area contributed by atoms with Crippen molar-refractivity contribution in [3.8, 4) is 11.3 Å². The lowest BCUT2D eigenvalue weighted by atomic mass is 9.95. The van der Waals surface area contributed by atoms with Gasteiger partial charge in [-0.1, -0.05) is 49.4 Å². The zero-order valence-corrected chi connectivity index (χ0v) is 18.2. The molecule has 1 fully saturated rings. The van der Waals surface area contributed by atoms with E-state index in [0.29, 0.717) is 0 Å². The van der Waals surface area contributed by atoms with Crippen molar-refractivity contribution in [2.45, 2.75) is 19.3 Å². The van der Waals surface area contributed by atoms with Crippen LogP contribution < -0.4 is 15.1 Å². The summed E-state index contributed by atoms with van der Waals surface area (Å²) in [5.74, 6) is 0.758. The molecule has 160 valence electrons. The Morgan fingerprint density at radius 1 is 1.03 bits per heavy atom. The van der Waals surface area contributed by atoms with E-state index in [-0.39, 0.29) is 11.8 Å². The first kappa shape index (κ1) is 21.0. The normalized spacial score (nSPS) is 15.5. The summed E-state index contributed by atoms with van der Waals surface area (Å²) in [6, 6.07) is 21.8. The molecule has 1 atom stereocenters. The number of aromatic nitrogens is 2. The van der Waals surface area contributed by atoms with E-state index >= 15 is 0 Å². The van der Waals surface area contributed by atoms with Gasteiger partial charge >= 0.3 is 0 Å². The summed E-state index contributed by atoms with van der Waals surface area (Å²) in [6.07, 6.45) is 0.746. The van der Waals surface area contributed by atoms with Gasteiger partial charge in [0.25, 0.3) is 0 Å². The number of anilines is 2. The zero-order chi connectivity index (χ0) is 21.6. The molecular formula is C25H30N5O+. The number of rotatable bonds is 6. The van der Waals surface area contributed by atoms with Crippen molar-refractivity contribution in [3.63, 3.8) is 0 Å². The van der Waals surface area contributed by atoms with Crippen molar-refractivity contribution in [2.75, 3.05) is 43.4 Å². The van der Waals surface area contributed by atoms with Gasteiger partial charge < -0.3 is 15.1 Å². The number of benzene rings is 2. The van der Waals surface area contributed by atoms with Gasteiger partial charge in [-0.2, -0.15) is 0 Å². The predicted octanol–water partition coefficient (Wildman–Crippen LogP) is 2.61. The van der Waals surface area contributed by atoms with Crippen LogP contribution in [-0.4, -0.2) is 49.3 Å². The van der Waals surface area contributed by atoms with Crippen molar-refractivity contribution in [1.82, 2.24) is 10.2 Å². The van der Waals surface area contributed by atoms with Gasteiger partial charge in [-0.3, -0.25) is 4.79 Å². The molecule has 1 aliphatic rings. The highest BCUT2D eigenvalue weighted by Crippen LogP contribution is 2.25. The molecule has 2 N–H and O–H groups in total. The minimum atomic E-state index is -0.172. The van der Waals surface area contributed by atoms with Crippen LogP contribution in [0.2, 0.25) is 0 Å². The summed E-state index contributed by atoms with van der Waals surface area (Å²) in [5, 5.41) is 12.0. The topological polar surface area (TPSA) is 62.6 Å². The Morgan fingerprint density at radius 3 is 2.48 bits per heavy atom. The van der Waals surface area contributed by atoms with Crippen LogP contribution in [-0.2, 0) is 4.79 Å². The second-order valence-electron chi connectivity index (χ2n) is 8.16. The first-order valence-corrected chi connectivity index (χ1v) is 11.0. The van der Waals surface area contributed by atoms with Gasteiger partial charge in [0.2, 0.25) is 5.91 Å². The minimum absolute atomic E-state index is 0.00415. The summed E-state index contributed by atoms with van der Waals surface area (Å²) in [4.78, 5) is 16.7. The van der Waals surface area contributed by atoms with Gasteiger partial charge in [0.15, 0.2) is 5.82 Å². The summed E-state index contributed by atoms with van der Waals surface area (Å²) in [5.41, 5.74) is 3.54. The van der Waals surface area contributed by atoms with Crippen LogP contribution in [0.25, 0.3) is 11.3 Å². The number of likely N-dealkylation sites (N-methyl/N-ethyl adjacent to an activating group) is 1. The molecule has 2 heterocycles. The number of amides is 1. The maximum atomic E-state index is 12.9. The highest BCUT2D eigenvalue weighted by atomic mass is 16.1. The fourth-order valence-electron chi connectivity index (χ4n) is 4.01. The number of hydrogen-bond donors (Lipinski definition) is 2. The fraction of sp³-hybridized carbons (Fsp3) is 0.320. The Labute approximate surface area is 183 Å². The first-order valence-electron chi connectivity index (χ1n) is 11.0. The van der Waals surface area contributed by atoms with Crippen molar-refractivity contribution in [2.24, 2.45) is 0 Å². The highest BCUT2D eigenvalue weighted by Gasteiger charge is 2.20. The van der Waals surface area contributed by atoms with Crippen LogP contribution in [0.1, 0.15) is 24.8 Å². The summed E-state index contributed by atoms with van der Waals surface area (Å²) < 4.78 is 0. The summed E-state index contributed by atoms with van der Waals surface area (Å²) in [6.45, 7) is 6.27. The Hall–Kier alpha value is -3.25. The molecular weight excluding hydrogens is 386 g/mol. The summed E-state index contributed by atoms with van der Waals surface area (Å²) >= 11 is 0. The second-order valence-corrected chi connectivity index (χ2v) is 8.16. The standard InChI is InChI=1S/C25H29N5O/c1-3-22(19-8-5-4-6-9-19)25(31)26-21-11-7-10-20(18-21)23-12-13-24(28-27-23)30-16-14-29(2)15-17-30/h4-13,18,22H,3,14-17H2,1-2H3,(H,26,31)/p+1/t22-/m1/s1. The molecule has 0 bridgehead atoms. The lowest BCUT2D eigenvalue weighted by Gasteiger charge is -2.30. The molecule has 6 nitrogen and oxygen atoms in total. The van der Waals surface area contributed by atoms with Gasteiger partial charge in [-0.15, -0.1) is 10.2 Å². The van der Waals surface area contributed by atoms with Crippen LogP contribution in [0, 0.1) is 0 Å². The van der Waals surface area contributed by atoms with Gasteiger partial charge in [0.1, 0.15) is 0 Å². The van der Waals surface area contributed by atoms with Gasteiger partial charge in [-0.25, -0.2) is 0 Å². The summed E-state index contributed by atoms with van der Waals surface area (Å²) in [7, 11) is 2.22. The molecule has 31 heavy (non-hydrogen) atoms. The van der Waals surface area contributed by atoms with E-state index in [0.717, 1.165) is 60.9 Å². The molecule has 2 aromatic carbocycles. The number of nitrogens with one attached hydrogen (secondary N) is 2. The van der Waals surface area contributed by atoms with Crippen LogP contribution in [0.4, 0.5) is 11.5 Å². The quantitative estimate of drug-likeness (QED) is 0.649. The van der Waals surface area contributed by atoms with Crippen molar-refractivity contribution in [1.29, 1.82) is 0 Å². The Kier molecular flexibility index (Phi) is 6.57. The van der Waals surface area contributed by atoms with Gasteiger partial charge in [0.05, 0.1) is 44.8 Å². The smallest absolute Gasteiger partial charge is 0.231 e. The van der Waals surface area contributed by atoms with Crippen molar-refractivity contribution >= 4 is 17.4 Å². The fourth-order valence-corrected chi connectivity index (χ4v) is 4.01. The van der Waals surface area contributed by atoms with E-state index in [9.17, 15) is 4.79 Å². The molecule has 1 aromatic heterocycles. The van der Waals surface area contributed by atoms with E-state index in [4.69, 9.17) is 0 Å². The average molecular weight is 417 g/mol. The van der Waals surface area contributed by atoms with E-state index in [1.54, 1.807) is 4.90 Å². The van der Waals surface area contributed by atoms with E-state index < -0.39 is 0 Å². The molecule has 1 aliphatic heterocycles. The molecule has 1 saturated heterocycles. The van der Waals surface area contributed by atoms with Crippen LogP contribution in [0.3, 0.4) is 0 Å².